The number of benzene rings is 3. The van der Waals surface area contributed by atoms with Gasteiger partial charge in [-0.05, 0) is 71.9 Å². The predicted molar refractivity (Wildman–Crippen MR) is 166 cm³/mol. The maximum Gasteiger partial charge on any atom is 0.337 e. The van der Waals surface area contributed by atoms with Crippen LogP contribution in [0.2, 0.25) is 0 Å². The summed E-state index contributed by atoms with van der Waals surface area (Å²) in [6.45, 7) is 7.20. The molecule has 7 heteroatoms. The third kappa shape index (κ3) is 9.40. The first-order valence-electron chi connectivity index (χ1n) is 14.7. The van der Waals surface area contributed by atoms with E-state index in [1.807, 2.05) is 42.5 Å². The number of esters is 1. The van der Waals surface area contributed by atoms with Gasteiger partial charge in [0.25, 0.3) is 0 Å². The number of tetrazole rings is 1. The van der Waals surface area contributed by atoms with Gasteiger partial charge in [-0.2, -0.15) is 5.21 Å². The molecule has 0 radical (unpaired) electrons. The first-order valence-corrected chi connectivity index (χ1v) is 14.7. The lowest BCUT2D eigenvalue weighted by atomic mass is 9.87. The van der Waals surface area contributed by atoms with E-state index < -0.39 is 0 Å². The minimum atomic E-state index is -0.313. The predicted octanol–water partition coefficient (Wildman–Crippen LogP) is 7.54. The minimum absolute atomic E-state index is 0.132. The third-order valence-corrected chi connectivity index (χ3v) is 7.47. The number of methoxy groups -OCH3 is 1. The molecule has 0 fully saturated rings. The van der Waals surface area contributed by atoms with Crippen molar-refractivity contribution in [2.45, 2.75) is 71.3 Å². The number of nitrogens with zero attached hydrogens (tertiary/aromatic N) is 3. The zero-order valence-electron chi connectivity index (χ0n) is 25.2. The van der Waals surface area contributed by atoms with Gasteiger partial charge in [-0.3, -0.25) is 0 Å². The largest absolute Gasteiger partial charge is 0.488 e. The van der Waals surface area contributed by atoms with E-state index in [1.54, 1.807) is 0 Å². The molecule has 0 bridgehead atoms. The van der Waals surface area contributed by atoms with Crippen LogP contribution in [0.5, 0.6) is 5.75 Å². The minimum Gasteiger partial charge on any atom is -0.488 e. The molecular weight excluding hydrogens is 524 g/mol. The number of carbonyl (C=O) groups is 1. The fraction of sp³-hybridized carbons (Fsp3) is 0.371. The van der Waals surface area contributed by atoms with Crippen molar-refractivity contribution in [2.75, 3.05) is 7.11 Å². The molecule has 0 amide bonds. The van der Waals surface area contributed by atoms with Crippen molar-refractivity contribution < 1.29 is 14.3 Å². The number of aryl methyl sites for hydroxylation is 2. The smallest absolute Gasteiger partial charge is 0.337 e. The zero-order valence-corrected chi connectivity index (χ0v) is 25.2. The molecule has 0 aliphatic heterocycles. The SMILES string of the molecule is COC(=O)c1ccc(CCC(C=Cc2ccccc2OCc2ccc(C(C)(C)C)cc2)CCCCc2nn[nH]n2)cc1. The highest BCUT2D eigenvalue weighted by Crippen LogP contribution is 2.26. The van der Waals surface area contributed by atoms with E-state index in [1.165, 1.54) is 18.2 Å². The Morgan fingerprint density at radius 1 is 0.905 bits per heavy atom. The summed E-state index contributed by atoms with van der Waals surface area (Å²) in [5, 5.41) is 14.3. The maximum absolute atomic E-state index is 11.8. The fourth-order valence-corrected chi connectivity index (χ4v) is 4.84. The number of aromatic nitrogens is 4. The lowest BCUT2D eigenvalue weighted by molar-refractivity contribution is 0.0600. The van der Waals surface area contributed by atoms with Gasteiger partial charge < -0.3 is 9.47 Å². The van der Waals surface area contributed by atoms with E-state index >= 15 is 0 Å². The number of hydrogen-bond acceptors (Lipinski definition) is 6. The number of allylic oxidation sites excluding steroid dienone is 1. The maximum atomic E-state index is 11.8. The zero-order chi connectivity index (χ0) is 29.8. The normalized spacial score (nSPS) is 12.4. The average molecular weight is 567 g/mol. The molecule has 1 atom stereocenters. The lowest BCUT2D eigenvalue weighted by Crippen LogP contribution is -2.10. The molecule has 220 valence electrons. The molecule has 1 N–H and O–H groups in total. The Bertz CT molecular complexity index is 1410. The number of nitrogens with one attached hydrogen (secondary N) is 1. The average Bonchev–Trinajstić information content (AvgIpc) is 3.53. The molecule has 1 heterocycles. The molecule has 0 aliphatic carbocycles. The molecule has 0 saturated heterocycles. The molecule has 1 aromatic heterocycles. The van der Waals surface area contributed by atoms with Gasteiger partial charge in [-0.25, -0.2) is 4.79 Å². The van der Waals surface area contributed by atoms with E-state index in [0.717, 1.165) is 61.2 Å². The number of carbonyl (C=O) groups excluding carboxylic acids is 1. The molecule has 4 aromatic rings. The molecule has 0 saturated carbocycles. The van der Waals surface area contributed by atoms with Crippen molar-refractivity contribution in [1.82, 2.24) is 20.6 Å². The van der Waals surface area contributed by atoms with Gasteiger partial charge >= 0.3 is 5.97 Å². The third-order valence-electron chi connectivity index (χ3n) is 7.47. The first-order chi connectivity index (χ1) is 20.3. The van der Waals surface area contributed by atoms with E-state index in [-0.39, 0.29) is 11.4 Å². The molecule has 4 rings (SSSR count). The Morgan fingerprint density at radius 2 is 1.64 bits per heavy atom. The quantitative estimate of drug-likeness (QED) is 0.125. The second kappa shape index (κ2) is 15.1. The second-order valence-electron chi connectivity index (χ2n) is 11.7. The van der Waals surface area contributed by atoms with Crippen molar-refractivity contribution in [3.63, 3.8) is 0 Å². The Labute approximate surface area is 249 Å². The van der Waals surface area contributed by atoms with Gasteiger partial charge in [-0.1, -0.05) is 99.2 Å². The van der Waals surface area contributed by atoms with Crippen molar-refractivity contribution in [1.29, 1.82) is 0 Å². The summed E-state index contributed by atoms with van der Waals surface area (Å²) in [6, 6.07) is 24.6. The van der Waals surface area contributed by atoms with Gasteiger partial charge in [0.2, 0.25) is 0 Å². The fourth-order valence-electron chi connectivity index (χ4n) is 4.84. The van der Waals surface area contributed by atoms with Crippen LogP contribution in [-0.4, -0.2) is 33.7 Å². The van der Waals surface area contributed by atoms with Crippen LogP contribution in [0.15, 0.2) is 78.9 Å². The van der Waals surface area contributed by atoms with E-state index in [9.17, 15) is 4.79 Å². The number of H-pyrrole nitrogens is 1. The van der Waals surface area contributed by atoms with Gasteiger partial charge in [0.15, 0.2) is 5.82 Å². The second-order valence-corrected chi connectivity index (χ2v) is 11.7. The number of ether oxygens (including phenoxy) is 2. The molecule has 0 aliphatic rings. The van der Waals surface area contributed by atoms with Crippen LogP contribution >= 0.6 is 0 Å². The monoisotopic (exact) mass is 566 g/mol. The Balaban J connectivity index is 1.40. The number of para-hydroxylation sites is 1. The van der Waals surface area contributed by atoms with Crippen LogP contribution in [0.4, 0.5) is 0 Å². The number of aromatic amines is 1. The summed E-state index contributed by atoms with van der Waals surface area (Å²) >= 11 is 0. The van der Waals surface area contributed by atoms with Crippen molar-refractivity contribution >= 4 is 12.0 Å². The Kier molecular flexibility index (Phi) is 11.0. The summed E-state index contributed by atoms with van der Waals surface area (Å²) in [5.41, 5.74) is 5.45. The number of unbranched alkanes of at least 4 members (excludes halogenated alkanes) is 1. The van der Waals surface area contributed by atoms with Gasteiger partial charge in [0.05, 0.1) is 12.7 Å². The highest BCUT2D eigenvalue weighted by Gasteiger charge is 2.13. The Morgan fingerprint density at radius 3 is 2.33 bits per heavy atom. The summed E-state index contributed by atoms with van der Waals surface area (Å²) in [7, 11) is 1.40. The molecular formula is C35H42N4O3. The highest BCUT2D eigenvalue weighted by atomic mass is 16.5. The first kappa shape index (κ1) is 30.7. The van der Waals surface area contributed by atoms with Crippen LogP contribution < -0.4 is 4.74 Å². The molecule has 42 heavy (non-hydrogen) atoms. The van der Waals surface area contributed by atoms with E-state index in [2.05, 4.69) is 83.9 Å². The van der Waals surface area contributed by atoms with Crippen molar-refractivity contribution in [3.8, 4) is 5.75 Å². The Hall–Kier alpha value is -4.26. The topological polar surface area (TPSA) is 90.0 Å². The van der Waals surface area contributed by atoms with Crippen molar-refractivity contribution in [2.24, 2.45) is 5.92 Å². The molecule has 3 aromatic carbocycles. The molecule has 7 nitrogen and oxygen atoms in total. The van der Waals surface area contributed by atoms with Gasteiger partial charge in [0.1, 0.15) is 12.4 Å². The van der Waals surface area contributed by atoms with Gasteiger partial charge in [-0.15, -0.1) is 10.2 Å². The van der Waals surface area contributed by atoms with E-state index in [0.29, 0.717) is 18.1 Å². The summed E-state index contributed by atoms with van der Waals surface area (Å²) < 4.78 is 11.1. The van der Waals surface area contributed by atoms with Crippen LogP contribution in [0.3, 0.4) is 0 Å². The molecule has 1 unspecified atom stereocenters. The van der Waals surface area contributed by atoms with E-state index in [4.69, 9.17) is 9.47 Å². The standard InChI is InChI=1S/C35H42N4O3/c1-35(2,3)31-23-18-28(19-24-31)25-42-32-11-7-6-10-29(32)20-15-26(9-5-8-12-33-36-38-39-37-33)13-14-27-16-21-30(22-17-27)34(40)41-4/h6-7,10-11,15-24,26H,5,8-9,12-14,25H2,1-4H3,(H,36,37,38,39). The number of rotatable bonds is 14. The molecule has 0 spiro atoms. The van der Waals surface area contributed by atoms with Crippen LogP contribution in [0.25, 0.3) is 6.08 Å². The summed E-state index contributed by atoms with van der Waals surface area (Å²) in [4.78, 5) is 11.8. The van der Waals surface area contributed by atoms with Gasteiger partial charge in [0, 0.05) is 12.0 Å². The highest BCUT2D eigenvalue weighted by molar-refractivity contribution is 5.89. The number of hydrogen-bond donors (Lipinski definition) is 1. The van der Waals surface area contributed by atoms with Crippen LogP contribution in [-0.2, 0) is 29.6 Å². The van der Waals surface area contributed by atoms with Crippen LogP contribution in [0.1, 0.15) is 84.9 Å². The van der Waals surface area contributed by atoms with Crippen LogP contribution in [0, 0.1) is 5.92 Å². The summed E-state index contributed by atoms with van der Waals surface area (Å²) in [6.07, 6.45) is 10.4. The lowest BCUT2D eigenvalue weighted by Gasteiger charge is -2.19. The van der Waals surface area contributed by atoms with Crippen molar-refractivity contribution in [3.05, 3.63) is 113 Å². The summed E-state index contributed by atoms with van der Waals surface area (Å²) in [5.74, 6) is 1.70.